The molecule has 0 atom stereocenters. The molecule has 16 heavy (non-hydrogen) atoms. The van der Waals surface area contributed by atoms with Gasteiger partial charge < -0.3 is 9.73 Å². The van der Waals surface area contributed by atoms with Crippen LogP contribution in [0.5, 0.6) is 0 Å². The molecule has 2 aromatic rings. The lowest BCUT2D eigenvalue weighted by Crippen LogP contribution is -1.99. The molecule has 4 heteroatoms. The second-order valence-electron chi connectivity index (χ2n) is 3.61. The van der Waals surface area contributed by atoms with E-state index >= 15 is 0 Å². The zero-order valence-electron chi connectivity index (χ0n) is 9.25. The summed E-state index contributed by atoms with van der Waals surface area (Å²) in [6, 6.07) is 6.18. The fourth-order valence-corrected chi connectivity index (χ4v) is 1.36. The Balaban J connectivity index is 1.99. The number of benzene rings is 1. The van der Waals surface area contributed by atoms with Crippen molar-refractivity contribution in [3.05, 3.63) is 47.4 Å². The summed E-state index contributed by atoms with van der Waals surface area (Å²) >= 11 is 0. The van der Waals surface area contributed by atoms with Gasteiger partial charge in [-0.25, -0.2) is 9.37 Å². The Morgan fingerprint density at radius 1 is 1.25 bits per heavy atom. The first-order chi connectivity index (χ1) is 7.65. The van der Waals surface area contributed by atoms with E-state index in [9.17, 15) is 4.39 Å². The molecule has 0 aliphatic rings. The van der Waals surface area contributed by atoms with E-state index in [0.717, 1.165) is 17.1 Å². The van der Waals surface area contributed by atoms with Crippen molar-refractivity contribution in [2.75, 3.05) is 5.32 Å². The van der Waals surface area contributed by atoms with Crippen LogP contribution in [-0.2, 0) is 6.54 Å². The normalized spacial score (nSPS) is 10.4. The smallest absolute Gasteiger partial charge is 0.213 e. The fraction of sp³-hybridized carbons (Fsp3) is 0.250. The van der Waals surface area contributed by atoms with Gasteiger partial charge in [0.15, 0.2) is 0 Å². The van der Waals surface area contributed by atoms with Crippen molar-refractivity contribution in [2.45, 2.75) is 20.4 Å². The standard InChI is InChI=1S/C12H13FN2O/c1-8-9(2)16-12(15-8)7-14-11-5-3-10(13)4-6-11/h3-6,14H,7H2,1-2H3. The molecule has 84 valence electrons. The van der Waals surface area contributed by atoms with E-state index in [0.29, 0.717) is 12.4 Å². The van der Waals surface area contributed by atoms with Gasteiger partial charge in [0.05, 0.1) is 12.2 Å². The van der Waals surface area contributed by atoms with Crippen LogP contribution in [0, 0.1) is 19.7 Å². The minimum absolute atomic E-state index is 0.242. The number of aryl methyl sites for hydroxylation is 2. The highest BCUT2D eigenvalue weighted by Crippen LogP contribution is 2.12. The second kappa shape index (κ2) is 4.35. The lowest BCUT2D eigenvalue weighted by molar-refractivity contribution is 0.478. The first-order valence-corrected chi connectivity index (χ1v) is 5.07. The Kier molecular flexibility index (Phi) is 2.90. The fourth-order valence-electron chi connectivity index (χ4n) is 1.36. The van der Waals surface area contributed by atoms with Crippen molar-refractivity contribution in [1.82, 2.24) is 4.98 Å². The predicted octanol–water partition coefficient (Wildman–Crippen LogP) is 3.04. The number of hydrogen-bond acceptors (Lipinski definition) is 3. The highest BCUT2D eigenvalue weighted by atomic mass is 19.1. The van der Waals surface area contributed by atoms with Gasteiger partial charge in [-0.15, -0.1) is 0 Å². The zero-order chi connectivity index (χ0) is 11.5. The highest BCUT2D eigenvalue weighted by molar-refractivity contribution is 5.42. The second-order valence-corrected chi connectivity index (χ2v) is 3.61. The molecule has 1 N–H and O–H groups in total. The van der Waals surface area contributed by atoms with Gasteiger partial charge in [-0.3, -0.25) is 0 Å². The number of halogens is 1. The van der Waals surface area contributed by atoms with Gasteiger partial charge in [0, 0.05) is 5.69 Å². The Hall–Kier alpha value is -1.84. The molecule has 2 rings (SSSR count). The summed E-state index contributed by atoms with van der Waals surface area (Å²) in [6.07, 6.45) is 0. The van der Waals surface area contributed by atoms with Crippen LogP contribution >= 0.6 is 0 Å². The minimum Gasteiger partial charge on any atom is -0.444 e. The van der Waals surface area contributed by atoms with E-state index in [2.05, 4.69) is 10.3 Å². The molecular weight excluding hydrogens is 207 g/mol. The van der Waals surface area contributed by atoms with Crippen molar-refractivity contribution >= 4 is 5.69 Å². The number of nitrogens with one attached hydrogen (secondary N) is 1. The van der Waals surface area contributed by atoms with Crippen LogP contribution in [0.15, 0.2) is 28.7 Å². The topological polar surface area (TPSA) is 38.1 Å². The van der Waals surface area contributed by atoms with Crippen LogP contribution in [0.1, 0.15) is 17.3 Å². The highest BCUT2D eigenvalue weighted by Gasteiger charge is 2.04. The molecule has 0 unspecified atom stereocenters. The van der Waals surface area contributed by atoms with Crippen LogP contribution < -0.4 is 5.32 Å². The molecule has 1 aromatic carbocycles. The molecule has 1 heterocycles. The van der Waals surface area contributed by atoms with E-state index < -0.39 is 0 Å². The third-order valence-corrected chi connectivity index (χ3v) is 2.36. The summed E-state index contributed by atoms with van der Waals surface area (Å²) in [4.78, 5) is 4.24. The van der Waals surface area contributed by atoms with Gasteiger partial charge >= 0.3 is 0 Å². The minimum atomic E-state index is -0.242. The van der Waals surface area contributed by atoms with Crippen molar-refractivity contribution in [1.29, 1.82) is 0 Å². The molecule has 0 amide bonds. The number of aromatic nitrogens is 1. The summed E-state index contributed by atoms with van der Waals surface area (Å²) < 4.78 is 18.1. The summed E-state index contributed by atoms with van der Waals surface area (Å²) in [5, 5.41) is 3.11. The molecule has 0 spiro atoms. The molecule has 0 aliphatic heterocycles. The quantitative estimate of drug-likeness (QED) is 0.863. The van der Waals surface area contributed by atoms with E-state index in [1.54, 1.807) is 12.1 Å². The molecule has 3 nitrogen and oxygen atoms in total. The molecule has 0 bridgehead atoms. The van der Waals surface area contributed by atoms with E-state index in [-0.39, 0.29) is 5.82 Å². The average molecular weight is 220 g/mol. The third kappa shape index (κ3) is 2.39. The number of hydrogen-bond donors (Lipinski definition) is 1. The molecule has 0 aliphatic carbocycles. The van der Waals surface area contributed by atoms with Gasteiger partial charge in [-0.2, -0.15) is 0 Å². The predicted molar refractivity (Wildman–Crippen MR) is 59.7 cm³/mol. The lowest BCUT2D eigenvalue weighted by Gasteiger charge is -2.02. The Labute approximate surface area is 93.3 Å². The summed E-state index contributed by atoms with van der Waals surface area (Å²) in [7, 11) is 0. The van der Waals surface area contributed by atoms with Crippen molar-refractivity contribution in [3.63, 3.8) is 0 Å². The number of rotatable bonds is 3. The Bertz CT molecular complexity index is 457. The molecule has 0 saturated heterocycles. The van der Waals surface area contributed by atoms with Crippen LogP contribution in [0.4, 0.5) is 10.1 Å². The van der Waals surface area contributed by atoms with Gasteiger partial charge in [0.2, 0.25) is 5.89 Å². The summed E-state index contributed by atoms with van der Waals surface area (Å²) in [5.41, 5.74) is 1.74. The van der Waals surface area contributed by atoms with Gasteiger partial charge in [0.25, 0.3) is 0 Å². The van der Waals surface area contributed by atoms with Crippen LogP contribution in [-0.4, -0.2) is 4.98 Å². The Morgan fingerprint density at radius 3 is 2.50 bits per heavy atom. The van der Waals surface area contributed by atoms with Gasteiger partial charge in [-0.1, -0.05) is 0 Å². The zero-order valence-corrected chi connectivity index (χ0v) is 9.25. The molecule has 0 saturated carbocycles. The molecular formula is C12H13FN2O. The SMILES string of the molecule is Cc1nc(CNc2ccc(F)cc2)oc1C. The van der Waals surface area contributed by atoms with Crippen LogP contribution in [0.2, 0.25) is 0 Å². The maximum absolute atomic E-state index is 12.6. The van der Waals surface area contributed by atoms with Crippen molar-refractivity contribution < 1.29 is 8.81 Å². The first kappa shape index (κ1) is 10.7. The third-order valence-electron chi connectivity index (χ3n) is 2.36. The number of anilines is 1. The summed E-state index contributed by atoms with van der Waals surface area (Å²) in [5.74, 6) is 1.23. The van der Waals surface area contributed by atoms with Crippen LogP contribution in [0.3, 0.4) is 0 Å². The van der Waals surface area contributed by atoms with Gasteiger partial charge in [-0.05, 0) is 38.1 Å². The first-order valence-electron chi connectivity index (χ1n) is 5.07. The molecule has 1 aromatic heterocycles. The van der Waals surface area contributed by atoms with E-state index in [4.69, 9.17) is 4.42 Å². The molecule has 0 radical (unpaired) electrons. The Morgan fingerprint density at radius 2 is 1.94 bits per heavy atom. The van der Waals surface area contributed by atoms with Crippen molar-refractivity contribution in [3.8, 4) is 0 Å². The monoisotopic (exact) mass is 220 g/mol. The average Bonchev–Trinajstić information content (AvgIpc) is 2.58. The maximum atomic E-state index is 12.6. The van der Waals surface area contributed by atoms with Crippen molar-refractivity contribution in [2.24, 2.45) is 0 Å². The summed E-state index contributed by atoms with van der Waals surface area (Å²) in [6.45, 7) is 4.28. The van der Waals surface area contributed by atoms with E-state index in [1.807, 2.05) is 13.8 Å². The lowest BCUT2D eigenvalue weighted by atomic mass is 10.3. The number of oxazole rings is 1. The van der Waals surface area contributed by atoms with Crippen LogP contribution in [0.25, 0.3) is 0 Å². The molecule has 0 fully saturated rings. The largest absolute Gasteiger partial charge is 0.444 e. The maximum Gasteiger partial charge on any atom is 0.213 e. The van der Waals surface area contributed by atoms with E-state index in [1.165, 1.54) is 12.1 Å². The van der Waals surface area contributed by atoms with Gasteiger partial charge in [0.1, 0.15) is 11.6 Å². The number of nitrogens with zero attached hydrogens (tertiary/aromatic N) is 1.